The van der Waals surface area contributed by atoms with Crippen molar-refractivity contribution >= 4 is 0 Å². The zero-order chi connectivity index (χ0) is 19.3. The summed E-state index contributed by atoms with van der Waals surface area (Å²) in [5.41, 5.74) is 12.0. The molecule has 0 unspecified atom stereocenters. The first-order valence-electron chi connectivity index (χ1n) is 9.80. The van der Waals surface area contributed by atoms with Crippen molar-refractivity contribution in [1.29, 1.82) is 0 Å². The molecule has 0 radical (unpaired) electrons. The zero-order valence-corrected chi connectivity index (χ0v) is 16.6. The molecular formula is C26H24N2+2. The van der Waals surface area contributed by atoms with Crippen LogP contribution in [-0.2, 0) is 20.5 Å². The van der Waals surface area contributed by atoms with Gasteiger partial charge < -0.3 is 0 Å². The van der Waals surface area contributed by atoms with Gasteiger partial charge in [-0.05, 0) is 47.9 Å². The molecule has 5 rings (SSSR count). The summed E-state index contributed by atoms with van der Waals surface area (Å²) in [5.74, 6) is 0. The molecule has 0 saturated heterocycles. The Morgan fingerprint density at radius 3 is 2.18 bits per heavy atom. The molecular weight excluding hydrogens is 340 g/mol. The third-order valence-electron chi connectivity index (χ3n) is 6.09. The number of rotatable bonds is 2. The molecule has 1 aliphatic carbocycles. The van der Waals surface area contributed by atoms with E-state index in [0.29, 0.717) is 0 Å². The molecule has 0 saturated carbocycles. The summed E-state index contributed by atoms with van der Waals surface area (Å²) in [4.78, 5) is 0. The van der Waals surface area contributed by atoms with Crippen LogP contribution in [0.25, 0.3) is 33.6 Å². The second-order valence-corrected chi connectivity index (χ2v) is 7.65. The van der Waals surface area contributed by atoms with Crippen molar-refractivity contribution in [2.24, 2.45) is 14.1 Å². The molecule has 1 aliphatic rings. The minimum atomic E-state index is 1.00. The van der Waals surface area contributed by atoms with Gasteiger partial charge in [-0.1, -0.05) is 30.3 Å². The molecule has 0 spiro atoms. The van der Waals surface area contributed by atoms with Gasteiger partial charge in [0.1, 0.15) is 14.1 Å². The van der Waals surface area contributed by atoms with E-state index in [0.717, 1.165) is 6.42 Å². The molecule has 28 heavy (non-hydrogen) atoms. The maximum absolute atomic E-state index is 2.38. The SMILES string of the molecule is Cc1c(-c2cccc[n+]2C)cccc1-c1ccc2c([n+]1C)Cc1ccccc1-2. The number of fused-ring (bicyclic) bond motifs is 3. The highest BCUT2D eigenvalue weighted by Gasteiger charge is 2.28. The predicted octanol–water partition coefficient (Wildman–Crippen LogP) is 4.55. The molecule has 136 valence electrons. The topological polar surface area (TPSA) is 7.76 Å². The number of benzene rings is 2. The first-order chi connectivity index (χ1) is 13.6. The van der Waals surface area contributed by atoms with E-state index < -0.39 is 0 Å². The average molecular weight is 364 g/mol. The van der Waals surface area contributed by atoms with E-state index in [1.165, 1.54) is 50.5 Å². The van der Waals surface area contributed by atoms with Gasteiger partial charge in [-0.25, -0.2) is 4.57 Å². The van der Waals surface area contributed by atoms with E-state index >= 15 is 0 Å². The molecule has 0 amide bonds. The Labute approximate surface area is 166 Å². The first kappa shape index (κ1) is 16.9. The lowest BCUT2D eigenvalue weighted by molar-refractivity contribution is -0.666. The van der Waals surface area contributed by atoms with Gasteiger partial charge in [0, 0.05) is 34.9 Å². The van der Waals surface area contributed by atoms with Crippen LogP contribution in [0.2, 0.25) is 0 Å². The van der Waals surface area contributed by atoms with E-state index in [1.807, 2.05) is 0 Å². The number of nitrogens with zero attached hydrogens (tertiary/aromatic N) is 2. The van der Waals surface area contributed by atoms with Crippen LogP contribution in [0.4, 0.5) is 0 Å². The summed E-state index contributed by atoms with van der Waals surface area (Å²) in [6, 6.07) is 26.3. The Morgan fingerprint density at radius 1 is 0.643 bits per heavy atom. The number of aryl methyl sites for hydroxylation is 1. The lowest BCUT2D eigenvalue weighted by atomic mass is 9.96. The minimum absolute atomic E-state index is 1.00. The second-order valence-electron chi connectivity index (χ2n) is 7.65. The molecule has 2 heteroatoms. The third kappa shape index (κ3) is 2.49. The summed E-state index contributed by atoms with van der Waals surface area (Å²) >= 11 is 0. The Morgan fingerprint density at radius 2 is 1.36 bits per heavy atom. The van der Waals surface area contributed by atoms with Crippen molar-refractivity contribution in [3.8, 4) is 33.6 Å². The van der Waals surface area contributed by atoms with Crippen molar-refractivity contribution in [2.75, 3.05) is 0 Å². The van der Waals surface area contributed by atoms with Crippen LogP contribution in [0.3, 0.4) is 0 Å². The van der Waals surface area contributed by atoms with Crippen LogP contribution in [0, 0.1) is 6.92 Å². The van der Waals surface area contributed by atoms with Crippen molar-refractivity contribution in [3.63, 3.8) is 0 Å². The summed E-state index contributed by atoms with van der Waals surface area (Å²) in [6.45, 7) is 2.24. The summed E-state index contributed by atoms with van der Waals surface area (Å²) in [6.07, 6.45) is 3.11. The van der Waals surface area contributed by atoms with Crippen LogP contribution < -0.4 is 9.13 Å². The first-order valence-corrected chi connectivity index (χ1v) is 9.80. The van der Waals surface area contributed by atoms with Gasteiger partial charge in [-0.2, -0.15) is 4.57 Å². The Kier molecular flexibility index (Phi) is 3.87. The van der Waals surface area contributed by atoms with Crippen molar-refractivity contribution < 1.29 is 9.13 Å². The number of aromatic nitrogens is 2. The second kappa shape index (κ2) is 6.42. The number of hydrogen-bond donors (Lipinski definition) is 0. The monoisotopic (exact) mass is 364 g/mol. The molecule has 2 heterocycles. The van der Waals surface area contributed by atoms with E-state index in [-0.39, 0.29) is 0 Å². The van der Waals surface area contributed by atoms with Gasteiger partial charge in [0.05, 0.1) is 6.42 Å². The van der Waals surface area contributed by atoms with Gasteiger partial charge in [0.2, 0.25) is 11.4 Å². The Bertz CT molecular complexity index is 1220. The van der Waals surface area contributed by atoms with Crippen LogP contribution in [0.5, 0.6) is 0 Å². The van der Waals surface area contributed by atoms with Crippen LogP contribution >= 0.6 is 0 Å². The largest absolute Gasteiger partial charge is 0.212 e. The molecule has 2 aromatic heterocycles. The number of pyridine rings is 2. The molecule has 0 aliphatic heterocycles. The summed E-state index contributed by atoms with van der Waals surface area (Å²) in [5, 5.41) is 0. The fourth-order valence-corrected chi connectivity index (χ4v) is 4.54. The van der Waals surface area contributed by atoms with Crippen LogP contribution in [-0.4, -0.2) is 0 Å². The molecule has 0 fully saturated rings. The van der Waals surface area contributed by atoms with Gasteiger partial charge in [0.15, 0.2) is 11.9 Å². The summed E-state index contributed by atoms with van der Waals surface area (Å²) < 4.78 is 4.57. The van der Waals surface area contributed by atoms with Gasteiger partial charge >= 0.3 is 0 Å². The standard InChI is InChI=1S/C26H24N2/c1-18-20(24-13-6-7-16-27(24)2)11-8-12-21(18)25-15-14-23-22-10-5-4-9-19(22)17-26(23)28(25)3/h4-16H,17H2,1-3H3/q+2. The highest BCUT2D eigenvalue weighted by molar-refractivity contribution is 5.77. The maximum Gasteiger partial charge on any atom is 0.212 e. The smallest absolute Gasteiger partial charge is 0.201 e. The minimum Gasteiger partial charge on any atom is -0.201 e. The molecule has 0 N–H and O–H groups in total. The quantitative estimate of drug-likeness (QED) is 0.406. The highest BCUT2D eigenvalue weighted by atomic mass is 15.0. The molecule has 2 aromatic carbocycles. The van der Waals surface area contributed by atoms with Crippen molar-refractivity contribution in [1.82, 2.24) is 0 Å². The van der Waals surface area contributed by atoms with E-state index in [9.17, 15) is 0 Å². The zero-order valence-electron chi connectivity index (χ0n) is 16.6. The summed E-state index contributed by atoms with van der Waals surface area (Å²) in [7, 11) is 4.31. The normalized spacial score (nSPS) is 12.0. The highest BCUT2D eigenvalue weighted by Crippen LogP contribution is 2.36. The number of hydrogen-bond acceptors (Lipinski definition) is 0. The van der Waals surface area contributed by atoms with E-state index in [1.54, 1.807) is 0 Å². The van der Waals surface area contributed by atoms with Gasteiger partial charge in [-0.15, -0.1) is 0 Å². The van der Waals surface area contributed by atoms with Crippen molar-refractivity contribution in [3.05, 3.63) is 95.8 Å². The predicted molar refractivity (Wildman–Crippen MR) is 113 cm³/mol. The average Bonchev–Trinajstić information content (AvgIpc) is 3.09. The van der Waals surface area contributed by atoms with Crippen molar-refractivity contribution in [2.45, 2.75) is 13.3 Å². The van der Waals surface area contributed by atoms with Crippen LogP contribution in [0.1, 0.15) is 16.8 Å². The van der Waals surface area contributed by atoms with E-state index in [2.05, 4.69) is 109 Å². The molecule has 2 nitrogen and oxygen atoms in total. The van der Waals surface area contributed by atoms with Gasteiger partial charge in [0.25, 0.3) is 0 Å². The van der Waals surface area contributed by atoms with E-state index in [4.69, 9.17) is 0 Å². The lowest BCUT2D eigenvalue weighted by Gasteiger charge is -2.11. The van der Waals surface area contributed by atoms with Gasteiger partial charge in [-0.3, -0.25) is 0 Å². The fraction of sp³-hybridized carbons (Fsp3) is 0.154. The molecule has 0 bridgehead atoms. The lowest BCUT2D eigenvalue weighted by Crippen LogP contribution is -2.36. The van der Waals surface area contributed by atoms with Crippen LogP contribution in [0.15, 0.2) is 79.0 Å². The Hall–Kier alpha value is -3.26. The fourth-order valence-electron chi connectivity index (χ4n) is 4.54. The Balaban J connectivity index is 1.67. The molecule has 4 aromatic rings. The maximum atomic E-state index is 2.38. The molecule has 0 atom stereocenters. The third-order valence-corrected chi connectivity index (χ3v) is 6.09.